The quantitative estimate of drug-likeness (QED) is 0.320. The maximum Gasteiger partial charge on any atom is 0.374 e. The van der Waals surface area contributed by atoms with Gasteiger partial charge >= 0.3 is 5.55 Å². The van der Waals surface area contributed by atoms with E-state index in [1.807, 2.05) is 0 Å². The molecule has 0 spiro atoms. The van der Waals surface area contributed by atoms with E-state index in [1.165, 1.54) is 25.3 Å². The van der Waals surface area contributed by atoms with Crippen molar-refractivity contribution in [3.63, 3.8) is 0 Å². The third-order valence-electron chi connectivity index (χ3n) is 1.56. The summed E-state index contributed by atoms with van der Waals surface area (Å²) in [5, 5.41) is 0. The highest BCUT2D eigenvalue weighted by molar-refractivity contribution is 8.04. The minimum Gasteiger partial charge on any atom is -0.497 e. The molecule has 0 atom stereocenters. The van der Waals surface area contributed by atoms with Gasteiger partial charge < -0.3 is 10.3 Å². The number of rotatable bonds is 3. The second-order valence-electron chi connectivity index (χ2n) is 2.44. The van der Waals surface area contributed by atoms with E-state index in [0.717, 1.165) is 0 Å². The standard InChI is InChI=1S/C8H8N2O3S/c1-13-7-3-2-4-8(5-7)14(11,12)6-10-9/h2-6H,1H3. The number of methoxy groups -OCH3 is 1. The molecular weight excluding hydrogens is 204 g/mol. The lowest BCUT2D eigenvalue weighted by atomic mass is 10.3. The van der Waals surface area contributed by atoms with Crippen LogP contribution in [0.2, 0.25) is 0 Å². The van der Waals surface area contributed by atoms with E-state index < -0.39 is 9.84 Å². The highest BCUT2D eigenvalue weighted by atomic mass is 32.2. The van der Waals surface area contributed by atoms with Crippen molar-refractivity contribution >= 4 is 15.4 Å². The van der Waals surface area contributed by atoms with Crippen molar-refractivity contribution in [2.45, 2.75) is 4.90 Å². The van der Waals surface area contributed by atoms with Gasteiger partial charge in [0.2, 0.25) is 0 Å². The molecule has 0 unspecified atom stereocenters. The number of nitrogens with zero attached hydrogens (tertiary/aromatic N) is 2. The third-order valence-corrected chi connectivity index (χ3v) is 2.84. The van der Waals surface area contributed by atoms with Gasteiger partial charge in [-0.2, -0.15) is 4.79 Å². The summed E-state index contributed by atoms with van der Waals surface area (Å²) < 4.78 is 27.5. The monoisotopic (exact) mass is 212 g/mol. The SMILES string of the molecule is COc1cccc(S(=O)(=O)C=[N+]=[N-])c1. The van der Waals surface area contributed by atoms with Gasteiger partial charge in [-0.15, -0.1) is 0 Å². The maximum absolute atomic E-state index is 11.3. The van der Waals surface area contributed by atoms with E-state index >= 15 is 0 Å². The fourth-order valence-electron chi connectivity index (χ4n) is 0.901. The summed E-state index contributed by atoms with van der Waals surface area (Å²) in [4.78, 5) is 2.51. The molecule has 0 aliphatic rings. The first-order chi connectivity index (χ1) is 6.60. The van der Waals surface area contributed by atoms with Crippen LogP contribution in [-0.2, 0) is 9.84 Å². The van der Waals surface area contributed by atoms with E-state index in [0.29, 0.717) is 11.3 Å². The van der Waals surface area contributed by atoms with Crippen LogP contribution in [0.3, 0.4) is 0 Å². The van der Waals surface area contributed by atoms with Crippen molar-refractivity contribution < 1.29 is 17.9 Å². The van der Waals surface area contributed by atoms with Crippen LogP contribution < -0.4 is 4.74 Å². The van der Waals surface area contributed by atoms with Gasteiger partial charge in [0.1, 0.15) is 5.75 Å². The minimum absolute atomic E-state index is 0.0228. The van der Waals surface area contributed by atoms with Crippen molar-refractivity contribution in [1.82, 2.24) is 0 Å². The number of sulfone groups is 1. The minimum atomic E-state index is -3.66. The summed E-state index contributed by atoms with van der Waals surface area (Å²) in [5.74, 6) is 0.428. The lowest BCUT2D eigenvalue weighted by Gasteiger charge is -1.99. The van der Waals surface area contributed by atoms with E-state index in [1.54, 1.807) is 6.07 Å². The molecule has 74 valence electrons. The molecule has 1 aromatic rings. The zero-order valence-corrected chi connectivity index (χ0v) is 8.23. The van der Waals surface area contributed by atoms with Crippen molar-refractivity contribution in [2.24, 2.45) is 0 Å². The highest BCUT2D eigenvalue weighted by Crippen LogP contribution is 2.16. The molecule has 1 rings (SSSR count). The molecule has 6 heteroatoms. The van der Waals surface area contributed by atoms with Gasteiger partial charge in [0.05, 0.1) is 12.0 Å². The van der Waals surface area contributed by atoms with Crippen LogP contribution in [0.15, 0.2) is 29.2 Å². The molecule has 0 heterocycles. The van der Waals surface area contributed by atoms with Gasteiger partial charge in [-0.05, 0) is 18.2 Å². The fourth-order valence-corrected chi connectivity index (χ4v) is 1.70. The summed E-state index contributed by atoms with van der Waals surface area (Å²) in [6.07, 6.45) is 0. The second-order valence-corrected chi connectivity index (χ2v) is 4.22. The van der Waals surface area contributed by atoms with Crippen molar-refractivity contribution in [1.29, 1.82) is 0 Å². The molecule has 0 N–H and O–H groups in total. The predicted octanol–water partition coefficient (Wildman–Crippen LogP) is 0.727. The molecule has 0 aliphatic heterocycles. The Morgan fingerprint density at radius 1 is 1.50 bits per heavy atom. The van der Waals surface area contributed by atoms with Gasteiger partial charge in [-0.25, -0.2) is 8.42 Å². The first-order valence-corrected chi connectivity index (χ1v) is 5.21. The molecule has 5 nitrogen and oxygen atoms in total. The van der Waals surface area contributed by atoms with Gasteiger partial charge in [0.15, 0.2) is 0 Å². The lowest BCUT2D eigenvalue weighted by molar-refractivity contribution is 0.00754. The molecule has 0 amide bonds. The average molecular weight is 212 g/mol. The maximum atomic E-state index is 11.3. The lowest BCUT2D eigenvalue weighted by Crippen LogP contribution is -2.02. The third kappa shape index (κ3) is 2.18. The number of hydrogen-bond donors (Lipinski definition) is 0. The summed E-state index contributed by atoms with van der Waals surface area (Å²) >= 11 is 0. The summed E-state index contributed by atoms with van der Waals surface area (Å²) in [6.45, 7) is 0. The molecule has 0 aromatic heterocycles. The Balaban J connectivity index is 3.26. The Hall–Kier alpha value is -1.65. The van der Waals surface area contributed by atoms with Crippen molar-refractivity contribution in [3.05, 3.63) is 29.8 Å². The Morgan fingerprint density at radius 3 is 2.79 bits per heavy atom. The second kappa shape index (κ2) is 4.04. The van der Waals surface area contributed by atoms with Crippen molar-refractivity contribution in [3.8, 4) is 5.75 Å². The van der Waals surface area contributed by atoms with Crippen LogP contribution >= 0.6 is 0 Å². The highest BCUT2D eigenvalue weighted by Gasteiger charge is 2.16. The molecule has 0 aliphatic carbocycles. The molecule has 0 bridgehead atoms. The van der Waals surface area contributed by atoms with Crippen molar-refractivity contribution in [2.75, 3.05) is 7.11 Å². The van der Waals surface area contributed by atoms with Crippen LogP contribution in [0.4, 0.5) is 0 Å². The molecule has 14 heavy (non-hydrogen) atoms. The molecule has 0 fully saturated rings. The Bertz CT molecular complexity index is 475. The largest absolute Gasteiger partial charge is 0.497 e. The molecular formula is C8H8N2O3S. The normalized spacial score (nSPS) is 10.4. The summed E-state index contributed by atoms with van der Waals surface area (Å²) in [5.41, 5.74) is 8.62. The number of hydrogen-bond acceptors (Lipinski definition) is 3. The van der Waals surface area contributed by atoms with Gasteiger partial charge in [-0.1, -0.05) is 6.07 Å². The fraction of sp³-hybridized carbons (Fsp3) is 0.125. The van der Waals surface area contributed by atoms with Gasteiger partial charge in [0, 0.05) is 0 Å². The van der Waals surface area contributed by atoms with E-state index in [-0.39, 0.29) is 4.90 Å². The topological polar surface area (TPSA) is 79.8 Å². The van der Waals surface area contributed by atoms with Crippen LogP contribution in [0.5, 0.6) is 5.75 Å². The zero-order valence-electron chi connectivity index (χ0n) is 7.41. The van der Waals surface area contributed by atoms with Gasteiger partial charge in [-0.3, -0.25) is 0 Å². The first kappa shape index (κ1) is 10.4. The first-order valence-electron chi connectivity index (χ1n) is 3.67. The zero-order chi connectivity index (χ0) is 10.6. The molecule has 0 saturated carbocycles. The number of ether oxygens (including phenoxy) is 1. The smallest absolute Gasteiger partial charge is 0.374 e. The predicted molar refractivity (Wildman–Crippen MR) is 49.9 cm³/mol. The van der Waals surface area contributed by atoms with E-state index in [4.69, 9.17) is 10.3 Å². The van der Waals surface area contributed by atoms with Crippen LogP contribution in [-0.4, -0.2) is 25.9 Å². The van der Waals surface area contributed by atoms with Crippen LogP contribution in [0.1, 0.15) is 0 Å². The Kier molecular flexibility index (Phi) is 3.01. The van der Waals surface area contributed by atoms with Crippen LogP contribution in [0, 0.1) is 0 Å². The molecule has 0 radical (unpaired) electrons. The van der Waals surface area contributed by atoms with E-state index in [2.05, 4.69) is 4.79 Å². The summed E-state index contributed by atoms with van der Waals surface area (Å²) in [6, 6.07) is 5.89. The average Bonchev–Trinajstić information content (AvgIpc) is 2.18. The molecule has 0 saturated heterocycles. The number of benzene rings is 1. The summed E-state index contributed by atoms with van der Waals surface area (Å²) in [7, 11) is -2.23. The van der Waals surface area contributed by atoms with E-state index in [9.17, 15) is 8.42 Å². The van der Waals surface area contributed by atoms with Crippen LogP contribution in [0.25, 0.3) is 5.53 Å². The Labute approximate surface area is 81.5 Å². The Morgan fingerprint density at radius 2 is 2.21 bits per heavy atom. The van der Waals surface area contributed by atoms with Gasteiger partial charge in [0.25, 0.3) is 9.84 Å². The molecule has 1 aromatic carbocycles.